The van der Waals surface area contributed by atoms with E-state index in [0.717, 1.165) is 5.57 Å². The van der Waals surface area contributed by atoms with Gasteiger partial charge in [0, 0.05) is 0 Å². The van der Waals surface area contributed by atoms with Crippen LogP contribution in [0.5, 0.6) is 0 Å². The van der Waals surface area contributed by atoms with Gasteiger partial charge in [-0.2, -0.15) is 0 Å². The Morgan fingerprint density at radius 3 is 2.29 bits per heavy atom. The third-order valence-electron chi connectivity index (χ3n) is 1.26. The van der Waals surface area contributed by atoms with Crippen LogP contribution in [0.15, 0.2) is 24.3 Å². The minimum Gasteiger partial charge on any atom is -0.460 e. The van der Waals surface area contributed by atoms with Gasteiger partial charge in [-0.05, 0) is 20.8 Å². The van der Waals surface area contributed by atoms with Crippen LogP contribution in [0.2, 0.25) is 0 Å². The van der Waals surface area contributed by atoms with E-state index >= 15 is 0 Å². The van der Waals surface area contributed by atoms with Gasteiger partial charge in [-0.15, -0.1) is 0 Å². The first-order chi connectivity index (χ1) is 6.43. The lowest BCUT2D eigenvalue weighted by atomic mass is 10.3. The Labute approximate surface area is 85.4 Å². The normalized spacial score (nSPS) is 10.0. The second-order valence-electron chi connectivity index (χ2n) is 3.51. The Hall–Kier alpha value is -1.09. The maximum absolute atomic E-state index is 11.2. The van der Waals surface area contributed by atoms with Crippen molar-refractivity contribution in [3.8, 4) is 0 Å². The van der Waals surface area contributed by atoms with Crippen molar-refractivity contribution in [3.63, 3.8) is 0 Å². The Balaban J connectivity index is 3.73. The molecule has 0 bridgehead atoms. The molecule has 0 atom stereocenters. The lowest BCUT2D eigenvalue weighted by molar-refractivity contribution is -0.143. The molecule has 0 spiro atoms. The van der Waals surface area contributed by atoms with Gasteiger partial charge in [-0.25, -0.2) is 4.79 Å². The van der Waals surface area contributed by atoms with Crippen LogP contribution in [-0.4, -0.2) is 25.3 Å². The molecule has 0 fully saturated rings. The highest BCUT2D eigenvalue weighted by atomic mass is 16.5. The highest BCUT2D eigenvalue weighted by Gasteiger charge is 2.09. The molecule has 0 heterocycles. The van der Waals surface area contributed by atoms with Crippen LogP contribution in [0.3, 0.4) is 0 Å². The maximum atomic E-state index is 11.2. The predicted octanol–water partition coefficient (Wildman–Crippen LogP) is 2.09. The maximum Gasteiger partial charge on any atom is 0.336 e. The molecule has 0 rings (SSSR count). The molecule has 80 valence electrons. The van der Waals surface area contributed by atoms with Gasteiger partial charge < -0.3 is 9.47 Å². The smallest absolute Gasteiger partial charge is 0.336 e. The summed E-state index contributed by atoms with van der Waals surface area (Å²) >= 11 is 0. The molecular weight excluding hydrogens is 180 g/mol. The van der Waals surface area contributed by atoms with E-state index in [1.807, 2.05) is 6.92 Å². The standard InChI is InChI=1S/C11H18O3/c1-8(2)6-13-7-10(5)11(12)14-9(3)4/h9H,1,5-7H2,2-4H3. The van der Waals surface area contributed by atoms with E-state index in [-0.39, 0.29) is 12.7 Å². The van der Waals surface area contributed by atoms with Crippen molar-refractivity contribution in [3.05, 3.63) is 24.3 Å². The lowest BCUT2D eigenvalue weighted by Gasteiger charge is -2.10. The zero-order chi connectivity index (χ0) is 11.1. The SMILES string of the molecule is C=C(C)COCC(=C)C(=O)OC(C)C. The summed E-state index contributed by atoms with van der Waals surface area (Å²) in [5, 5.41) is 0. The van der Waals surface area contributed by atoms with Gasteiger partial charge in [-0.3, -0.25) is 0 Å². The molecule has 14 heavy (non-hydrogen) atoms. The van der Waals surface area contributed by atoms with Crippen LogP contribution in [-0.2, 0) is 14.3 Å². The Morgan fingerprint density at radius 1 is 1.29 bits per heavy atom. The van der Waals surface area contributed by atoms with Crippen molar-refractivity contribution in [2.75, 3.05) is 13.2 Å². The molecule has 0 radical (unpaired) electrons. The van der Waals surface area contributed by atoms with Crippen LogP contribution in [0.1, 0.15) is 20.8 Å². The number of carbonyl (C=O) groups is 1. The molecule has 3 nitrogen and oxygen atoms in total. The van der Waals surface area contributed by atoms with E-state index in [2.05, 4.69) is 13.2 Å². The molecule has 0 aromatic rings. The van der Waals surface area contributed by atoms with Crippen LogP contribution in [0.25, 0.3) is 0 Å². The van der Waals surface area contributed by atoms with Gasteiger partial charge in [0.15, 0.2) is 0 Å². The summed E-state index contributed by atoms with van der Waals surface area (Å²) in [5.74, 6) is -0.401. The van der Waals surface area contributed by atoms with E-state index in [0.29, 0.717) is 12.2 Å². The van der Waals surface area contributed by atoms with Crippen LogP contribution < -0.4 is 0 Å². The molecule has 0 aromatic carbocycles. The fraction of sp³-hybridized carbons (Fsp3) is 0.545. The van der Waals surface area contributed by atoms with Gasteiger partial charge in [0.2, 0.25) is 0 Å². The molecular formula is C11H18O3. The summed E-state index contributed by atoms with van der Waals surface area (Å²) in [6.07, 6.45) is -0.125. The molecule has 3 heteroatoms. The van der Waals surface area contributed by atoms with Crippen molar-refractivity contribution >= 4 is 5.97 Å². The van der Waals surface area contributed by atoms with Crippen LogP contribution >= 0.6 is 0 Å². The van der Waals surface area contributed by atoms with Gasteiger partial charge in [0.05, 0.1) is 24.9 Å². The van der Waals surface area contributed by atoms with Crippen molar-refractivity contribution in [1.29, 1.82) is 0 Å². The topological polar surface area (TPSA) is 35.5 Å². The zero-order valence-corrected chi connectivity index (χ0v) is 9.13. The number of ether oxygens (including phenoxy) is 2. The molecule has 0 aromatic heterocycles. The average molecular weight is 198 g/mol. The molecule has 0 aliphatic carbocycles. The first-order valence-electron chi connectivity index (χ1n) is 4.54. The number of rotatable bonds is 6. The lowest BCUT2D eigenvalue weighted by Crippen LogP contribution is -2.16. The van der Waals surface area contributed by atoms with E-state index < -0.39 is 5.97 Å². The summed E-state index contributed by atoms with van der Waals surface area (Å²) < 4.78 is 10.1. The highest BCUT2D eigenvalue weighted by molar-refractivity contribution is 5.88. The Morgan fingerprint density at radius 2 is 1.86 bits per heavy atom. The summed E-state index contributed by atoms with van der Waals surface area (Å²) in [7, 11) is 0. The van der Waals surface area contributed by atoms with E-state index in [1.165, 1.54) is 0 Å². The van der Waals surface area contributed by atoms with E-state index in [1.54, 1.807) is 13.8 Å². The Kier molecular flexibility index (Phi) is 5.88. The fourth-order valence-electron chi connectivity index (χ4n) is 0.705. The number of hydrogen-bond acceptors (Lipinski definition) is 3. The van der Waals surface area contributed by atoms with E-state index in [9.17, 15) is 4.79 Å². The van der Waals surface area contributed by atoms with Crippen LogP contribution in [0.4, 0.5) is 0 Å². The van der Waals surface area contributed by atoms with Crippen LogP contribution in [0, 0.1) is 0 Å². The zero-order valence-electron chi connectivity index (χ0n) is 9.13. The molecule has 0 unspecified atom stereocenters. The quantitative estimate of drug-likeness (QED) is 0.372. The molecule has 0 saturated carbocycles. The number of hydrogen-bond donors (Lipinski definition) is 0. The molecule has 0 saturated heterocycles. The van der Waals surface area contributed by atoms with Gasteiger partial charge in [0.1, 0.15) is 0 Å². The van der Waals surface area contributed by atoms with Crippen molar-refractivity contribution in [2.24, 2.45) is 0 Å². The van der Waals surface area contributed by atoms with Gasteiger partial charge >= 0.3 is 5.97 Å². The summed E-state index contributed by atoms with van der Waals surface area (Å²) in [6.45, 7) is 13.3. The molecule has 0 aliphatic heterocycles. The van der Waals surface area contributed by atoms with Crippen molar-refractivity contribution in [1.82, 2.24) is 0 Å². The predicted molar refractivity (Wildman–Crippen MR) is 56.0 cm³/mol. The van der Waals surface area contributed by atoms with Crippen molar-refractivity contribution in [2.45, 2.75) is 26.9 Å². The first-order valence-corrected chi connectivity index (χ1v) is 4.54. The van der Waals surface area contributed by atoms with Crippen molar-refractivity contribution < 1.29 is 14.3 Å². The largest absolute Gasteiger partial charge is 0.460 e. The number of carbonyl (C=O) groups excluding carboxylic acids is 1. The third kappa shape index (κ3) is 6.43. The second-order valence-corrected chi connectivity index (χ2v) is 3.51. The first kappa shape index (κ1) is 12.9. The Bertz CT molecular complexity index is 229. The third-order valence-corrected chi connectivity index (χ3v) is 1.26. The van der Waals surface area contributed by atoms with Gasteiger partial charge in [-0.1, -0.05) is 18.7 Å². The number of esters is 1. The van der Waals surface area contributed by atoms with Gasteiger partial charge in [0.25, 0.3) is 0 Å². The second kappa shape index (κ2) is 6.38. The summed E-state index contributed by atoms with van der Waals surface area (Å²) in [5.41, 5.74) is 1.25. The average Bonchev–Trinajstić information content (AvgIpc) is 2.01. The molecule has 0 amide bonds. The minimum atomic E-state index is -0.401. The monoisotopic (exact) mass is 198 g/mol. The molecule has 0 N–H and O–H groups in total. The molecule has 0 aliphatic rings. The summed E-state index contributed by atoms with van der Waals surface area (Å²) in [6, 6.07) is 0. The summed E-state index contributed by atoms with van der Waals surface area (Å²) in [4.78, 5) is 11.2. The fourth-order valence-corrected chi connectivity index (χ4v) is 0.705. The highest BCUT2D eigenvalue weighted by Crippen LogP contribution is 2.00. The van der Waals surface area contributed by atoms with E-state index in [4.69, 9.17) is 9.47 Å². The minimum absolute atomic E-state index is 0.125.